The fraction of sp³-hybridized carbons (Fsp3) is 0.571. The first-order valence-electron chi connectivity index (χ1n) is 13.0. The Morgan fingerprint density at radius 1 is 1.05 bits per heavy atom. The van der Waals surface area contributed by atoms with E-state index < -0.39 is 6.04 Å². The molecule has 1 aromatic rings. The summed E-state index contributed by atoms with van der Waals surface area (Å²) < 4.78 is 5.59. The number of ether oxygens (including phenoxy) is 1. The van der Waals surface area contributed by atoms with Crippen molar-refractivity contribution in [3.8, 4) is 11.8 Å². The molecule has 0 heterocycles. The summed E-state index contributed by atoms with van der Waals surface area (Å²) in [5, 5.41) is 8.26. The van der Waals surface area contributed by atoms with Gasteiger partial charge in [0.1, 0.15) is 6.29 Å². The van der Waals surface area contributed by atoms with Crippen LogP contribution >= 0.6 is 0 Å². The average molecular weight is 515 g/mol. The van der Waals surface area contributed by atoms with E-state index in [1.165, 1.54) is 0 Å². The molecule has 0 aliphatic carbocycles. The Hall–Kier alpha value is -3.06. The Bertz CT molecular complexity index is 881. The van der Waals surface area contributed by atoms with Crippen LogP contribution in [0.25, 0.3) is 0 Å². The number of aldehydes is 1. The number of rotatable bonds is 21. The van der Waals surface area contributed by atoms with Crippen LogP contribution in [-0.2, 0) is 25.7 Å². The molecule has 0 spiro atoms. The molecule has 0 radical (unpaired) electrons. The van der Waals surface area contributed by atoms with Crippen LogP contribution in [-0.4, -0.2) is 75.9 Å². The molecule has 0 aromatic heterocycles. The molecule has 1 rings (SSSR count). The number of carbonyl (C=O) groups excluding carboxylic acids is 4. The molecule has 37 heavy (non-hydrogen) atoms. The highest BCUT2D eigenvalue weighted by molar-refractivity contribution is 5.90. The summed E-state index contributed by atoms with van der Waals surface area (Å²) in [5.74, 6) is 6.02. The van der Waals surface area contributed by atoms with E-state index in [2.05, 4.69) is 27.8 Å². The topological polar surface area (TPSA) is 117 Å². The highest BCUT2D eigenvalue weighted by Gasteiger charge is 2.23. The van der Waals surface area contributed by atoms with Crippen molar-refractivity contribution in [2.75, 3.05) is 39.9 Å². The van der Waals surface area contributed by atoms with E-state index in [4.69, 9.17) is 4.74 Å². The van der Waals surface area contributed by atoms with Gasteiger partial charge in [0.15, 0.2) is 0 Å². The second kappa shape index (κ2) is 21.1. The number of amides is 3. The molecule has 0 aliphatic heterocycles. The van der Waals surface area contributed by atoms with Crippen LogP contribution in [0.5, 0.6) is 0 Å². The summed E-state index contributed by atoms with van der Waals surface area (Å²) in [7, 11) is 1.81. The number of hydrogen-bond acceptors (Lipinski definition) is 7. The minimum atomic E-state index is -0.476. The summed E-state index contributed by atoms with van der Waals surface area (Å²) in [5.41, 5.74) is 2.09. The smallest absolute Gasteiger partial charge is 0.243 e. The quantitative estimate of drug-likeness (QED) is 0.131. The van der Waals surface area contributed by atoms with Gasteiger partial charge in [-0.15, -0.1) is 0 Å². The molecule has 0 bridgehead atoms. The molecule has 1 aromatic carbocycles. The lowest BCUT2D eigenvalue weighted by molar-refractivity contribution is -0.129. The SMILES string of the molecule is CCCC(C(=O)NC=O)N(C)Cc1c(C#CCCNCCCCOCCCCNC=O)cccc1C=O. The zero-order valence-corrected chi connectivity index (χ0v) is 22.2. The standard InChI is InChI=1S/C28H42N4O5/c1-3-11-27(28(36)31-23-35)32(2)20-26-24(13-10-14-25(26)21-33)12-4-5-15-29-16-6-8-18-37-19-9-7-17-30-22-34/h10,13-14,21-23,27,29H,3,5-9,11,15-20H2,1-2H3,(H,30,34)(H,31,35,36). The zero-order valence-electron chi connectivity index (χ0n) is 22.2. The molecule has 1 unspecified atom stereocenters. The van der Waals surface area contributed by atoms with Crippen LogP contribution < -0.4 is 16.0 Å². The highest BCUT2D eigenvalue weighted by Crippen LogP contribution is 2.18. The van der Waals surface area contributed by atoms with Gasteiger partial charge in [-0.3, -0.25) is 29.4 Å². The van der Waals surface area contributed by atoms with E-state index in [-0.39, 0.29) is 5.91 Å². The van der Waals surface area contributed by atoms with Crippen LogP contribution in [0, 0.1) is 11.8 Å². The lowest BCUT2D eigenvalue weighted by atomic mass is 10.00. The predicted molar refractivity (Wildman–Crippen MR) is 144 cm³/mol. The molecule has 204 valence electrons. The molecule has 3 N–H and O–H groups in total. The minimum Gasteiger partial charge on any atom is -0.381 e. The number of carbonyl (C=O) groups is 4. The van der Waals surface area contributed by atoms with Crippen LogP contribution in [0.4, 0.5) is 0 Å². The van der Waals surface area contributed by atoms with Gasteiger partial charge in [0.2, 0.25) is 18.7 Å². The number of likely N-dealkylation sites (N-methyl/N-ethyl adjacent to an activating group) is 1. The maximum Gasteiger partial charge on any atom is 0.243 e. The van der Waals surface area contributed by atoms with Gasteiger partial charge in [-0.2, -0.15) is 0 Å². The van der Waals surface area contributed by atoms with Crippen molar-refractivity contribution in [2.24, 2.45) is 0 Å². The first-order valence-corrected chi connectivity index (χ1v) is 13.0. The lowest BCUT2D eigenvalue weighted by Gasteiger charge is -2.27. The fourth-order valence-corrected chi connectivity index (χ4v) is 3.83. The maximum absolute atomic E-state index is 12.3. The molecule has 0 saturated heterocycles. The summed E-state index contributed by atoms with van der Waals surface area (Å²) in [6.45, 7) is 6.16. The van der Waals surface area contributed by atoms with Gasteiger partial charge in [-0.1, -0.05) is 37.3 Å². The third-order valence-electron chi connectivity index (χ3n) is 5.83. The van der Waals surface area contributed by atoms with Crippen LogP contribution in [0.15, 0.2) is 18.2 Å². The van der Waals surface area contributed by atoms with Crippen LogP contribution in [0.2, 0.25) is 0 Å². The molecule has 9 nitrogen and oxygen atoms in total. The van der Waals surface area contributed by atoms with Crippen molar-refractivity contribution in [1.82, 2.24) is 20.9 Å². The van der Waals surface area contributed by atoms with Crippen molar-refractivity contribution in [3.05, 3.63) is 34.9 Å². The number of nitrogens with one attached hydrogen (secondary N) is 3. The van der Waals surface area contributed by atoms with E-state index in [9.17, 15) is 19.2 Å². The predicted octanol–water partition coefficient (Wildman–Crippen LogP) is 2.03. The van der Waals surface area contributed by atoms with Crippen molar-refractivity contribution in [1.29, 1.82) is 0 Å². The van der Waals surface area contributed by atoms with Crippen LogP contribution in [0.1, 0.15) is 73.4 Å². The largest absolute Gasteiger partial charge is 0.381 e. The number of unbranched alkanes of at least 4 members (excludes halogenated alkanes) is 2. The zero-order chi connectivity index (χ0) is 27.1. The Morgan fingerprint density at radius 3 is 2.49 bits per heavy atom. The highest BCUT2D eigenvalue weighted by atomic mass is 16.5. The average Bonchev–Trinajstić information content (AvgIpc) is 2.90. The second-order valence-corrected chi connectivity index (χ2v) is 8.74. The van der Waals surface area contributed by atoms with Gasteiger partial charge < -0.3 is 15.4 Å². The van der Waals surface area contributed by atoms with E-state index in [1.807, 2.05) is 31.0 Å². The number of benzene rings is 1. The molecule has 9 heteroatoms. The summed E-state index contributed by atoms with van der Waals surface area (Å²) in [6, 6.07) is 4.96. The molecule has 0 saturated carbocycles. The number of hydrogen-bond donors (Lipinski definition) is 3. The van der Waals surface area contributed by atoms with Crippen molar-refractivity contribution >= 4 is 25.0 Å². The van der Waals surface area contributed by atoms with E-state index >= 15 is 0 Å². The Balaban J connectivity index is 2.48. The maximum atomic E-state index is 12.3. The Labute approximate surface area is 221 Å². The molecular formula is C28H42N4O5. The number of nitrogens with zero attached hydrogens (tertiary/aromatic N) is 1. The van der Waals surface area contributed by atoms with Gasteiger partial charge in [0, 0.05) is 50.4 Å². The minimum absolute atomic E-state index is 0.350. The van der Waals surface area contributed by atoms with Crippen molar-refractivity contribution in [3.63, 3.8) is 0 Å². The Morgan fingerprint density at radius 2 is 1.81 bits per heavy atom. The van der Waals surface area contributed by atoms with Gasteiger partial charge in [0.05, 0.1) is 6.04 Å². The first kappa shape index (κ1) is 32.0. The summed E-state index contributed by atoms with van der Waals surface area (Å²) >= 11 is 0. The summed E-state index contributed by atoms with van der Waals surface area (Å²) in [4.78, 5) is 46.8. The van der Waals surface area contributed by atoms with Crippen LogP contribution in [0.3, 0.4) is 0 Å². The second-order valence-electron chi connectivity index (χ2n) is 8.74. The molecular weight excluding hydrogens is 472 g/mol. The summed E-state index contributed by atoms with van der Waals surface area (Å²) in [6.07, 6.45) is 7.86. The fourth-order valence-electron chi connectivity index (χ4n) is 3.83. The monoisotopic (exact) mass is 514 g/mol. The van der Waals surface area contributed by atoms with Gasteiger partial charge >= 0.3 is 0 Å². The van der Waals surface area contributed by atoms with Crippen molar-refractivity contribution in [2.45, 2.75) is 64.5 Å². The van der Waals surface area contributed by atoms with Crippen molar-refractivity contribution < 1.29 is 23.9 Å². The van der Waals surface area contributed by atoms with E-state index in [1.54, 1.807) is 6.07 Å². The van der Waals surface area contributed by atoms with E-state index in [0.29, 0.717) is 44.3 Å². The van der Waals surface area contributed by atoms with Gasteiger partial charge in [-0.05, 0) is 57.3 Å². The van der Waals surface area contributed by atoms with Gasteiger partial charge in [-0.25, -0.2) is 0 Å². The number of imide groups is 1. The molecule has 1 atom stereocenters. The Kier molecular flexibility index (Phi) is 18.2. The molecule has 3 amide bonds. The molecule has 0 aliphatic rings. The van der Waals surface area contributed by atoms with Gasteiger partial charge in [0.25, 0.3) is 0 Å². The lowest BCUT2D eigenvalue weighted by Crippen LogP contribution is -2.44. The van der Waals surface area contributed by atoms with E-state index in [0.717, 1.165) is 75.8 Å². The molecule has 0 fully saturated rings. The first-order chi connectivity index (χ1) is 18.1. The normalized spacial score (nSPS) is 11.3. The third kappa shape index (κ3) is 13.7. The third-order valence-corrected chi connectivity index (χ3v) is 5.83.